The van der Waals surface area contributed by atoms with Gasteiger partial charge in [0.2, 0.25) is 5.91 Å². The molecule has 1 rings (SSSR count). The highest BCUT2D eigenvalue weighted by molar-refractivity contribution is 5.80. The van der Waals surface area contributed by atoms with Crippen molar-refractivity contribution in [1.82, 2.24) is 5.32 Å². The van der Waals surface area contributed by atoms with Gasteiger partial charge in [-0.2, -0.15) is 0 Å². The fourth-order valence-corrected chi connectivity index (χ4v) is 8.27. The molecule has 59 heavy (non-hydrogen) atoms. The van der Waals surface area contributed by atoms with Crippen LogP contribution < -0.4 is 5.32 Å². The second kappa shape index (κ2) is 38.8. The van der Waals surface area contributed by atoms with Gasteiger partial charge in [0.15, 0.2) is 6.29 Å². The Hall–Kier alpha value is -0.890. The van der Waals surface area contributed by atoms with Gasteiger partial charge in [0.05, 0.1) is 25.4 Å². The van der Waals surface area contributed by atoms with Crippen LogP contribution >= 0.6 is 0 Å². The number of hydrogen-bond acceptors (Lipinski definition) is 10. The molecular weight excluding hydrogens is 751 g/mol. The number of nitrogens with one attached hydrogen (secondary N) is 1. The number of amides is 1. The van der Waals surface area contributed by atoms with E-state index in [2.05, 4.69) is 19.2 Å². The van der Waals surface area contributed by atoms with Gasteiger partial charge < -0.3 is 50.5 Å². The van der Waals surface area contributed by atoms with Gasteiger partial charge in [0, 0.05) is 0 Å². The van der Waals surface area contributed by atoms with Crippen LogP contribution in [-0.2, 0) is 14.3 Å². The van der Waals surface area contributed by atoms with Crippen molar-refractivity contribution >= 4 is 5.91 Å². The Balaban J connectivity index is 2.37. The first kappa shape index (κ1) is 56.1. The van der Waals surface area contributed by atoms with Gasteiger partial charge >= 0.3 is 0 Å². The minimum Gasteiger partial charge on any atom is -0.394 e. The fourth-order valence-electron chi connectivity index (χ4n) is 8.27. The Morgan fingerprint density at radius 1 is 0.525 bits per heavy atom. The topological polar surface area (TPSA) is 189 Å². The number of aliphatic hydroxyl groups excluding tert-OH is 7. The molecule has 9 atom stereocenters. The lowest BCUT2D eigenvalue weighted by Gasteiger charge is -2.40. The summed E-state index contributed by atoms with van der Waals surface area (Å²) in [5.74, 6) is -0.693. The molecule has 1 amide bonds. The summed E-state index contributed by atoms with van der Waals surface area (Å²) < 4.78 is 11.1. The van der Waals surface area contributed by atoms with E-state index >= 15 is 0 Å². The van der Waals surface area contributed by atoms with Crippen molar-refractivity contribution in [1.29, 1.82) is 0 Å². The third-order valence-corrected chi connectivity index (χ3v) is 12.4. The zero-order chi connectivity index (χ0) is 43.4. The van der Waals surface area contributed by atoms with E-state index in [1.54, 1.807) is 0 Å². The number of carbonyl (C=O) groups excluding carboxylic acids is 1. The average molecular weight is 846 g/mol. The highest BCUT2D eigenvalue weighted by Gasteiger charge is 2.44. The van der Waals surface area contributed by atoms with Gasteiger partial charge in [-0.3, -0.25) is 4.79 Å². The van der Waals surface area contributed by atoms with Crippen LogP contribution in [0.2, 0.25) is 0 Å². The number of rotatable bonds is 42. The third-order valence-electron chi connectivity index (χ3n) is 12.4. The van der Waals surface area contributed by atoms with Crippen molar-refractivity contribution in [3.8, 4) is 0 Å². The number of unbranched alkanes of at least 4 members (excludes halogenated alkanes) is 30. The first-order chi connectivity index (χ1) is 28.7. The van der Waals surface area contributed by atoms with E-state index in [-0.39, 0.29) is 6.42 Å². The van der Waals surface area contributed by atoms with E-state index in [0.29, 0.717) is 19.3 Å². The van der Waals surface area contributed by atoms with E-state index in [4.69, 9.17) is 9.47 Å². The summed E-state index contributed by atoms with van der Waals surface area (Å²) in [5.41, 5.74) is 0. The largest absolute Gasteiger partial charge is 0.394 e. The standard InChI is InChI=1S/C48H95NO10/c1-3-5-7-9-11-13-15-17-18-19-20-21-22-23-24-26-28-30-32-34-36-41(52)47(57)49-39(38-58-48-46(56)45(55)44(54)42(37-50)59-48)43(53)40(51)35-33-31-29-27-25-16-14-12-10-8-6-4-2/h39-46,48,50-56H,3-38H2,1-2H3,(H,49,57)/t39-,40+,41+,42+,43-,44-,45-,46-,48+/m0/s1. The van der Waals surface area contributed by atoms with Crippen molar-refractivity contribution < 1.29 is 50.0 Å². The molecule has 0 aromatic heterocycles. The number of ether oxygens (including phenoxy) is 2. The van der Waals surface area contributed by atoms with Crippen LogP contribution in [-0.4, -0.2) is 110 Å². The van der Waals surface area contributed by atoms with E-state index in [1.165, 1.54) is 154 Å². The van der Waals surface area contributed by atoms with Crippen LogP contribution in [0.4, 0.5) is 0 Å². The summed E-state index contributed by atoms with van der Waals surface area (Å²) in [4.78, 5) is 13.1. The number of hydrogen-bond donors (Lipinski definition) is 8. The smallest absolute Gasteiger partial charge is 0.249 e. The molecule has 0 bridgehead atoms. The zero-order valence-electron chi connectivity index (χ0n) is 38.0. The summed E-state index contributed by atoms with van der Waals surface area (Å²) in [6, 6.07) is -1.16. The van der Waals surface area contributed by atoms with Crippen LogP contribution in [0.15, 0.2) is 0 Å². The molecule has 8 N–H and O–H groups in total. The number of carbonyl (C=O) groups is 1. The predicted molar refractivity (Wildman–Crippen MR) is 238 cm³/mol. The Kier molecular flexibility index (Phi) is 36.9. The molecular formula is C48H95NO10. The molecule has 0 aromatic carbocycles. The molecule has 0 saturated carbocycles. The maximum absolute atomic E-state index is 13.1. The molecule has 11 nitrogen and oxygen atoms in total. The van der Waals surface area contributed by atoms with E-state index in [1.807, 2.05) is 0 Å². The van der Waals surface area contributed by atoms with Crippen LogP contribution in [0.5, 0.6) is 0 Å². The van der Waals surface area contributed by atoms with Crippen LogP contribution in [0.1, 0.15) is 232 Å². The maximum atomic E-state index is 13.1. The maximum Gasteiger partial charge on any atom is 0.249 e. The first-order valence-corrected chi connectivity index (χ1v) is 24.9. The summed E-state index contributed by atoms with van der Waals surface area (Å²) >= 11 is 0. The molecule has 1 heterocycles. The van der Waals surface area contributed by atoms with E-state index in [0.717, 1.165) is 38.5 Å². The SMILES string of the molecule is CCCCCCCCCCCCCCCCCCCCCC[C@@H](O)C(=O)N[C@@H](CO[C@@H]1O[C@H](CO)[C@H](O)[C@H](O)[C@@H]1O)[C@H](O)[C@H](O)CCCCCCCCCCCCCC. The Morgan fingerprint density at radius 2 is 0.881 bits per heavy atom. The first-order valence-electron chi connectivity index (χ1n) is 24.9. The van der Waals surface area contributed by atoms with Gasteiger partial charge in [-0.1, -0.05) is 219 Å². The quantitative estimate of drug-likeness (QED) is 0.0276. The van der Waals surface area contributed by atoms with Gasteiger partial charge in [-0.15, -0.1) is 0 Å². The lowest BCUT2D eigenvalue weighted by atomic mass is 9.98. The minimum atomic E-state index is -1.66. The van der Waals surface area contributed by atoms with Crippen molar-refractivity contribution in [2.24, 2.45) is 0 Å². The normalized spacial score (nSPS) is 21.7. The lowest BCUT2D eigenvalue weighted by Crippen LogP contribution is -2.60. The minimum absolute atomic E-state index is 0.266. The molecule has 0 aromatic rings. The van der Waals surface area contributed by atoms with Crippen molar-refractivity contribution in [3.05, 3.63) is 0 Å². The van der Waals surface area contributed by atoms with Crippen molar-refractivity contribution in [2.45, 2.75) is 287 Å². The second-order valence-corrected chi connectivity index (χ2v) is 17.9. The van der Waals surface area contributed by atoms with Gasteiger partial charge in [-0.25, -0.2) is 0 Å². The van der Waals surface area contributed by atoms with Gasteiger partial charge in [-0.05, 0) is 12.8 Å². The van der Waals surface area contributed by atoms with Gasteiger partial charge in [0.1, 0.15) is 36.6 Å². The zero-order valence-corrected chi connectivity index (χ0v) is 38.0. The molecule has 0 aliphatic carbocycles. The molecule has 0 radical (unpaired) electrons. The Bertz CT molecular complexity index is 928. The monoisotopic (exact) mass is 846 g/mol. The second-order valence-electron chi connectivity index (χ2n) is 17.9. The number of aliphatic hydroxyl groups is 7. The molecule has 1 fully saturated rings. The van der Waals surface area contributed by atoms with E-state index in [9.17, 15) is 40.5 Å². The fraction of sp³-hybridized carbons (Fsp3) is 0.979. The molecule has 1 saturated heterocycles. The molecule has 352 valence electrons. The highest BCUT2D eigenvalue weighted by Crippen LogP contribution is 2.23. The third kappa shape index (κ3) is 28.4. The van der Waals surface area contributed by atoms with Crippen molar-refractivity contribution in [2.75, 3.05) is 13.2 Å². The molecule has 0 spiro atoms. The molecule has 1 aliphatic heterocycles. The van der Waals surface area contributed by atoms with Crippen LogP contribution in [0.3, 0.4) is 0 Å². The molecule has 11 heteroatoms. The highest BCUT2D eigenvalue weighted by atomic mass is 16.7. The van der Waals surface area contributed by atoms with E-state index < -0.39 is 74.2 Å². The molecule has 0 unspecified atom stereocenters. The Morgan fingerprint density at radius 3 is 1.25 bits per heavy atom. The van der Waals surface area contributed by atoms with Crippen molar-refractivity contribution in [3.63, 3.8) is 0 Å². The molecule has 1 aliphatic rings. The lowest BCUT2D eigenvalue weighted by molar-refractivity contribution is -0.303. The Labute approximate surface area is 360 Å². The average Bonchev–Trinajstić information content (AvgIpc) is 3.23. The van der Waals surface area contributed by atoms with Crippen LogP contribution in [0, 0.1) is 0 Å². The summed E-state index contributed by atoms with van der Waals surface area (Å²) in [7, 11) is 0. The summed E-state index contributed by atoms with van der Waals surface area (Å²) in [6.07, 6.45) is 28.7. The van der Waals surface area contributed by atoms with Gasteiger partial charge in [0.25, 0.3) is 0 Å². The predicted octanol–water partition coefficient (Wildman–Crippen LogP) is 8.67. The summed E-state index contributed by atoms with van der Waals surface area (Å²) in [5, 5.41) is 75.7. The summed E-state index contributed by atoms with van der Waals surface area (Å²) in [6.45, 7) is 3.45. The van der Waals surface area contributed by atoms with Crippen LogP contribution in [0.25, 0.3) is 0 Å².